The van der Waals surface area contributed by atoms with Gasteiger partial charge in [0.05, 0.1) is 0 Å². The van der Waals surface area contributed by atoms with Crippen LogP contribution in [0.2, 0.25) is 0 Å². The number of hydrogen-bond acceptors (Lipinski definition) is 0. The Hall–Kier alpha value is -0.780. The molecule has 0 fully saturated rings. The molecule has 1 aromatic rings. The molecule has 0 aromatic heterocycles. The molecule has 0 spiro atoms. The van der Waals surface area contributed by atoms with Crippen LogP contribution in [0.5, 0.6) is 0 Å². The van der Waals surface area contributed by atoms with Crippen molar-refractivity contribution in [1.82, 2.24) is 0 Å². The van der Waals surface area contributed by atoms with Gasteiger partial charge in [-0.25, -0.2) is 0 Å². The molecular weight excluding hydrogens is 168 g/mol. The molecule has 77 valence electrons. The lowest BCUT2D eigenvalue weighted by molar-refractivity contribution is 0.321. The Morgan fingerprint density at radius 1 is 1.36 bits per heavy atom. The zero-order chi connectivity index (χ0) is 10.6. The molecule has 0 heteroatoms. The third-order valence-electron chi connectivity index (χ3n) is 3.36. The van der Waals surface area contributed by atoms with Crippen molar-refractivity contribution >= 4 is 0 Å². The fraction of sp³-hybridized carbons (Fsp3) is 0.571. The summed E-state index contributed by atoms with van der Waals surface area (Å²) in [5.74, 6) is 0.714. The van der Waals surface area contributed by atoms with E-state index in [-0.39, 0.29) is 5.41 Å². The molecule has 0 saturated heterocycles. The van der Waals surface area contributed by atoms with E-state index < -0.39 is 0 Å². The van der Waals surface area contributed by atoms with Crippen LogP contribution < -0.4 is 0 Å². The van der Waals surface area contributed by atoms with Crippen LogP contribution >= 0.6 is 0 Å². The summed E-state index contributed by atoms with van der Waals surface area (Å²) in [5.41, 5.74) is 1.58. The maximum Gasteiger partial charge on any atom is -0.00718 e. The van der Waals surface area contributed by atoms with E-state index in [2.05, 4.69) is 45.9 Å². The first-order chi connectivity index (χ1) is 6.59. The Labute approximate surface area is 88.4 Å². The first kappa shape index (κ1) is 11.3. The topological polar surface area (TPSA) is 0 Å². The first-order valence-electron chi connectivity index (χ1n) is 5.56. The van der Waals surface area contributed by atoms with Gasteiger partial charge in [0, 0.05) is 0 Å². The van der Waals surface area contributed by atoms with Gasteiger partial charge in [-0.1, -0.05) is 64.8 Å². The van der Waals surface area contributed by atoms with Crippen molar-refractivity contribution in [1.29, 1.82) is 0 Å². The van der Waals surface area contributed by atoms with E-state index in [1.54, 1.807) is 0 Å². The van der Waals surface area contributed by atoms with Crippen molar-refractivity contribution in [3.05, 3.63) is 35.9 Å². The Morgan fingerprint density at radius 2 is 2.07 bits per heavy atom. The maximum absolute atomic E-state index is 3.35. The third-order valence-corrected chi connectivity index (χ3v) is 3.36. The minimum absolute atomic E-state index is 0.247. The van der Waals surface area contributed by atoms with Gasteiger partial charge in [0.1, 0.15) is 0 Å². The fourth-order valence-corrected chi connectivity index (χ4v) is 1.85. The molecular formula is C14H21. The zero-order valence-electron chi connectivity index (χ0n) is 9.80. The van der Waals surface area contributed by atoms with Gasteiger partial charge < -0.3 is 0 Å². The van der Waals surface area contributed by atoms with Gasteiger partial charge in [-0.2, -0.15) is 0 Å². The number of hydrogen-bond donors (Lipinski definition) is 0. The third kappa shape index (κ3) is 2.37. The molecule has 0 nitrogen and oxygen atoms in total. The van der Waals surface area contributed by atoms with E-state index in [4.69, 9.17) is 0 Å². The molecule has 0 aliphatic rings. The van der Waals surface area contributed by atoms with Crippen LogP contribution in [-0.4, -0.2) is 0 Å². The van der Waals surface area contributed by atoms with E-state index in [9.17, 15) is 0 Å². The average molecular weight is 189 g/mol. The highest BCUT2D eigenvalue weighted by Crippen LogP contribution is 2.33. The van der Waals surface area contributed by atoms with Gasteiger partial charge in [0.25, 0.3) is 0 Å². The molecule has 0 bridgehead atoms. The van der Waals surface area contributed by atoms with Crippen molar-refractivity contribution in [2.24, 2.45) is 5.92 Å². The smallest absolute Gasteiger partial charge is 0.00718 e. The molecule has 1 atom stereocenters. The number of benzene rings is 1. The van der Waals surface area contributed by atoms with Gasteiger partial charge in [-0.05, 0) is 23.0 Å². The average Bonchev–Trinajstić information content (AvgIpc) is 2.19. The molecule has 0 saturated carbocycles. The van der Waals surface area contributed by atoms with Crippen LogP contribution in [0, 0.1) is 12.0 Å². The first-order valence-corrected chi connectivity index (χ1v) is 5.56. The fourth-order valence-electron chi connectivity index (χ4n) is 1.85. The summed E-state index contributed by atoms with van der Waals surface area (Å²) in [5, 5.41) is 0. The minimum Gasteiger partial charge on any atom is -0.0654 e. The van der Waals surface area contributed by atoms with Crippen molar-refractivity contribution in [2.45, 2.75) is 46.0 Å². The highest BCUT2D eigenvalue weighted by Gasteiger charge is 2.26. The molecule has 1 radical (unpaired) electrons. The van der Waals surface area contributed by atoms with Gasteiger partial charge in [0.2, 0.25) is 0 Å². The van der Waals surface area contributed by atoms with Crippen LogP contribution in [-0.2, 0) is 5.41 Å². The summed E-state index contributed by atoms with van der Waals surface area (Å²) in [6.07, 6.45) is 2.55. The molecule has 0 aliphatic heterocycles. The summed E-state index contributed by atoms with van der Waals surface area (Å²) < 4.78 is 0. The minimum atomic E-state index is 0.247. The summed E-state index contributed by atoms with van der Waals surface area (Å²) in [7, 11) is 0. The Balaban J connectivity index is 2.84. The van der Waals surface area contributed by atoms with Gasteiger partial charge in [-0.3, -0.25) is 0 Å². The predicted molar refractivity (Wildman–Crippen MR) is 62.4 cm³/mol. The molecule has 1 rings (SSSR count). The maximum atomic E-state index is 3.35. The largest absolute Gasteiger partial charge is 0.0654 e. The number of rotatable bonds is 4. The molecule has 0 amide bonds. The van der Waals surface area contributed by atoms with Crippen molar-refractivity contribution in [3.8, 4) is 0 Å². The molecule has 1 unspecified atom stereocenters. The molecule has 1 aromatic carbocycles. The Morgan fingerprint density at radius 3 is 2.57 bits per heavy atom. The highest BCUT2D eigenvalue weighted by atomic mass is 14.3. The Bertz CT molecular complexity index is 259. The quantitative estimate of drug-likeness (QED) is 0.666. The van der Waals surface area contributed by atoms with E-state index >= 15 is 0 Å². The molecule has 0 heterocycles. The molecule has 14 heavy (non-hydrogen) atoms. The second-order valence-electron chi connectivity index (χ2n) is 4.69. The van der Waals surface area contributed by atoms with Crippen LogP contribution in [0.15, 0.2) is 24.3 Å². The zero-order valence-corrected chi connectivity index (χ0v) is 9.80. The van der Waals surface area contributed by atoms with Crippen LogP contribution in [0.4, 0.5) is 0 Å². The van der Waals surface area contributed by atoms with Crippen LogP contribution in [0.1, 0.15) is 46.1 Å². The lowest BCUT2D eigenvalue weighted by atomic mass is 9.72. The summed E-state index contributed by atoms with van der Waals surface area (Å²) in [6.45, 7) is 9.23. The van der Waals surface area contributed by atoms with E-state index in [1.807, 2.05) is 12.1 Å². The van der Waals surface area contributed by atoms with E-state index in [0.717, 1.165) is 0 Å². The van der Waals surface area contributed by atoms with Crippen molar-refractivity contribution in [3.63, 3.8) is 0 Å². The second-order valence-corrected chi connectivity index (χ2v) is 4.69. The summed E-state index contributed by atoms with van der Waals surface area (Å²) >= 11 is 0. The van der Waals surface area contributed by atoms with Gasteiger partial charge >= 0.3 is 0 Å². The normalized spacial score (nSPS) is 14.0. The highest BCUT2D eigenvalue weighted by molar-refractivity contribution is 5.22. The Kier molecular flexibility index (Phi) is 3.74. The SMILES string of the molecule is CCCC(C)C(C)(C)c1[c]cccc1. The van der Waals surface area contributed by atoms with Gasteiger partial charge in [-0.15, -0.1) is 0 Å². The van der Waals surface area contributed by atoms with Crippen molar-refractivity contribution < 1.29 is 0 Å². The van der Waals surface area contributed by atoms with E-state index in [0.29, 0.717) is 5.92 Å². The predicted octanol–water partition coefficient (Wildman–Crippen LogP) is 4.20. The van der Waals surface area contributed by atoms with Crippen LogP contribution in [0.3, 0.4) is 0 Å². The lowest BCUT2D eigenvalue weighted by Gasteiger charge is -2.32. The molecule has 0 N–H and O–H groups in total. The van der Waals surface area contributed by atoms with Crippen LogP contribution in [0.25, 0.3) is 0 Å². The van der Waals surface area contributed by atoms with Crippen molar-refractivity contribution in [2.75, 3.05) is 0 Å². The monoisotopic (exact) mass is 189 g/mol. The molecule has 0 aliphatic carbocycles. The van der Waals surface area contributed by atoms with Gasteiger partial charge in [0.15, 0.2) is 0 Å². The van der Waals surface area contributed by atoms with E-state index in [1.165, 1.54) is 18.4 Å². The summed E-state index contributed by atoms with van der Waals surface area (Å²) in [6, 6.07) is 11.7. The summed E-state index contributed by atoms with van der Waals surface area (Å²) in [4.78, 5) is 0. The lowest BCUT2D eigenvalue weighted by Crippen LogP contribution is -2.26. The second kappa shape index (κ2) is 4.63. The standard InChI is InChI=1S/C14H21/c1-5-9-12(2)14(3,4)13-10-7-6-8-11-13/h6-8,10,12H,5,9H2,1-4H3.